The van der Waals surface area contributed by atoms with Gasteiger partial charge in [-0.1, -0.05) is 5.16 Å². The van der Waals surface area contributed by atoms with E-state index in [1.54, 1.807) is 13.8 Å². The zero-order valence-electron chi connectivity index (χ0n) is 17.5. The van der Waals surface area contributed by atoms with Crippen molar-refractivity contribution in [1.82, 2.24) is 20.4 Å². The predicted molar refractivity (Wildman–Crippen MR) is 105 cm³/mol. The van der Waals surface area contributed by atoms with Crippen LogP contribution in [-0.2, 0) is 22.3 Å². The summed E-state index contributed by atoms with van der Waals surface area (Å²) in [6.45, 7) is 4.74. The minimum absolute atomic E-state index is 0.199. The lowest BCUT2D eigenvalue weighted by molar-refractivity contribution is -0.145. The van der Waals surface area contributed by atoms with Crippen LogP contribution in [0.5, 0.6) is 0 Å². The molecule has 0 unspecified atom stereocenters. The molecule has 0 radical (unpaired) electrons. The standard InChI is InChI=1S/C20H24F3N5O3/c1-12-16(13(2)31-26-12)11-27(3)19(30)18(29)25-15-6-8-28(9-7-15)17-5-4-14(10-24-17)20(21,22)23/h4-5,10,15H,6-9,11H2,1-3H3,(H,25,29). The summed E-state index contributed by atoms with van der Waals surface area (Å²) in [5.41, 5.74) is 0.639. The lowest BCUT2D eigenvalue weighted by Crippen LogP contribution is -2.49. The molecule has 3 heterocycles. The van der Waals surface area contributed by atoms with E-state index in [0.29, 0.717) is 43.2 Å². The molecular weight excluding hydrogens is 415 g/mol. The van der Waals surface area contributed by atoms with Gasteiger partial charge >= 0.3 is 18.0 Å². The van der Waals surface area contributed by atoms with Gasteiger partial charge in [0.1, 0.15) is 11.6 Å². The van der Waals surface area contributed by atoms with Crippen molar-refractivity contribution in [2.45, 2.75) is 45.5 Å². The molecule has 3 rings (SSSR count). The lowest BCUT2D eigenvalue weighted by atomic mass is 10.0. The fraction of sp³-hybridized carbons (Fsp3) is 0.500. The van der Waals surface area contributed by atoms with Crippen LogP contribution in [0.15, 0.2) is 22.9 Å². The number of likely N-dealkylation sites (N-methyl/N-ethyl adjacent to an activating group) is 1. The maximum absolute atomic E-state index is 12.7. The zero-order valence-corrected chi connectivity index (χ0v) is 17.5. The van der Waals surface area contributed by atoms with Crippen molar-refractivity contribution in [3.8, 4) is 0 Å². The summed E-state index contributed by atoms with van der Waals surface area (Å²) >= 11 is 0. The number of carbonyl (C=O) groups is 2. The van der Waals surface area contributed by atoms with Crippen molar-refractivity contribution in [3.05, 3.63) is 40.9 Å². The molecule has 2 aromatic rings. The maximum Gasteiger partial charge on any atom is 0.417 e. The Hall–Kier alpha value is -3.11. The van der Waals surface area contributed by atoms with Gasteiger partial charge in [-0.2, -0.15) is 13.2 Å². The van der Waals surface area contributed by atoms with Crippen molar-refractivity contribution in [1.29, 1.82) is 0 Å². The second-order valence-corrected chi connectivity index (χ2v) is 7.60. The molecular formula is C20H24F3N5O3. The van der Waals surface area contributed by atoms with Crippen molar-refractivity contribution in [2.24, 2.45) is 0 Å². The minimum atomic E-state index is -4.42. The summed E-state index contributed by atoms with van der Waals surface area (Å²) < 4.78 is 43.1. The number of carbonyl (C=O) groups excluding carboxylic acids is 2. The van der Waals surface area contributed by atoms with E-state index in [2.05, 4.69) is 15.5 Å². The molecule has 0 saturated carbocycles. The summed E-state index contributed by atoms with van der Waals surface area (Å²) in [6.07, 6.45) is -2.50. The molecule has 0 aromatic carbocycles. The number of alkyl halides is 3. The van der Waals surface area contributed by atoms with Gasteiger partial charge in [-0.15, -0.1) is 0 Å². The molecule has 1 aliphatic rings. The number of pyridine rings is 1. The summed E-state index contributed by atoms with van der Waals surface area (Å²) in [7, 11) is 1.53. The molecule has 0 bridgehead atoms. The number of aromatic nitrogens is 2. The Morgan fingerprint density at radius 2 is 1.94 bits per heavy atom. The van der Waals surface area contributed by atoms with Crippen LogP contribution in [0.3, 0.4) is 0 Å². The molecule has 1 saturated heterocycles. The fourth-order valence-corrected chi connectivity index (χ4v) is 3.45. The summed E-state index contributed by atoms with van der Waals surface area (Å²) in [4.78, 5) is 31.8. The topological polar surface area (TPSA) is 91.6 Å². The highest BCUT2D eigenvalue weighted by molar-refractivity contribution is 6.34. The first kappa shape index (κ1) is 22.6. The Kier molecular flexibility index (Phi) is 6.51. The van der Waals surface area contributed by atoms with Crippen molar-refractivity contribution < 1.29 is 27.3 Å². The number of aryl methyl sites for hydroxylation is 2. The van der Waals surface area contributed by atoms with Gasteiger partial charge in [0, 0.05) is 37.9 Å². The molecule has 2 aromatic heterocycles. The number of amides is 2. The van der Waals surface area contributed by atoms with Gasteiger partial charge in [-0.25, -0.2) is 4.98 Å². The number of rotatable bonds is 4. The summed E-state index contributed by atoms with van der Waals surface area (Å²) in [5.74, 6) is -0.304. The van der Waals surface area contributed by atoms with Crippen LogP contribution in [0.25, 0.3) is 0 Å². The molecule has 8 nitrogen and oxygen atoms in total. The third-order valence-electron chi connectivity index (χ3n) is 5.35. The number of halogens is 3. The molecule has 168 valence electrons. The Morgan fingerprint density at radius 1 is 1.26 bits per heavy atom. The van der Waals surface area contributed by atoms with E-state index in [0.717, 1.165) is 17.8 Å². The second-order valence-electron chi connectivity index (χ2n) is 7.60. The normalized spacial score (nSPS) is 15.1. The third kappa shape index (κ3) is 5.33. The quantitative estimate of drug-likeness (QED) is 0.736. The minimum Gasteiger partial charge on any atom is -0.361 e. The first-order valence-electron chi connectivity index (χ1n) is 9.82. The van der Waals surface area contributed by atoms with Crippen molar-refractivity contribution in [2.75, 3.05) is 25.0 Å². The largest absolute Gasteiger partial charge is 0.417 e. The van der Waals surface area contributed by atoms with Gasteiger partial charge in [0.2, 0.25) is 0 Å². The average Bonchev–Trinajstić information content (AvgIpc) is 3.05. The predicted octanol–water partition coefficient (Wildman–Crippen LogP) is 2.45. The first-order chi connectivity index (χ1) is 14.6. The van der Waals surface area contributed by atoms with Crippen LogP contribution < -0.4 is 10.2 Å². The SMILES string of the molecule is Cc1noc(C)c1CN(C)C(=O)C(=O)NC1CCN(c2ccc(C(F)(F)F)cn2)CC1. The molecule has 0 aliphatic carbocycles. The summed E-state index contributed by atoms with van der Waals surface area (Å²) in [6, 6.07) is 2.15. The lowest BCUT2D eigenvalue weighted by Gasteiger charge is -2.33. The smallest absolute Gasteiger partial charge is 0.361 e. The van der Waals surface area contributed by atoms with Gasteiger partial charge in [0.15, 0.2) is 0 Å². The van der Waals surface area contributed by atoms with Gasteiger partial charge in [0.25, 0.3) is 0 Å². The molecule has 0 spiro atoms. The van der Waals surface area contributed by atoms with Crippen LogP contribution in [0.1, 0.15) is 35.4 Å². The van der Waals surface area contributed by atoms with Crippen molar-refractivity contribution >= 4 is 17.6 Å². The number of nitrogens with zero attached hydrogens (tertiary/aromatic N) is 4. The van der Waals surface area contributed by atoms with Gasteiger partial charge in [0.05, 0.1) is 17.8 Å². The zero-order chi connectivity index (χ0) is 22.8. The molecule has 1 N–H and O–H groups in total. The number of nitrogens with one attached hydrogen (secondary N) is 1. The van der Waals surface area contributed by atoms with Crippen molar-refractivity contribution in [3.63, 3.8) is 0 Å². The Morgan fingerprint density at radius 3 is 2.45 bits per heavy atom. The molecule has 0 atom stereocenters. The van der Waals surface area contributed by atoms with E-state index in [9.17, 15) is 22.8 Å². The van der Waals surface area contributed by atoms with E-state index >= 15 is 0 Å². The number of piperidine rings is 1. The van der Waals surface area contributed by atoms with E-state index in [4.69, 9.17) is 4.52 Å². The fourth-order valence-electron chi connectivity index (χ4n) is 3.45. The van der Waals surface area contributed by atoms with E-state index < -0.39 is 23.6 Å². The van der Waals surface area contributed by atoms with Gasteiger partial charge < -0.3 is 19.6 Å². The van der Waals surface area contributed by atoms with Gasteiger partial charge in [-0.3, -0.25) is 9.59 Å². The summed E-state index contributed by atoms with van der Waals surface area (Å²) in [5, 5.41) is 6.58. The maximum atomic E-state index is 12.7. The highest BCUT2D eigenvalue weighted by Crippen LogP contribution is 2.29. The highest BCUT2D eigenvalue weighted by Gasteiger charge is 2.31. The van der Waals surface area contributed by atoms with Crippen LogP contribution in [0, 0.1) is 13.8 Å². The third-order valence-corrected chi connectivity index (χ3v) is 5.35. The van der Waals surface area contributed by atoms with Crippen LogP contribution in [0.2, 0.25) is 0 Å². The van der Waals surface area contributed by atoms with E-state index in [1.807, 2.05) is 4.90 Å². The van der Waals surface area contributed by atoms with Crippen LogP contribution in [-0.4, -0.2) is 53.0 Å². The van der Waals surface area contributed by atoms with Crippen LogP contribution in [0.4, 0.5) is 19.0 Å². The highest BCUT2D eigenvalue weighted by atomic mass is 19.4. The van der Waals surface area contributed by atoms with E-state index in [1.165, 1.54) is 18.0 Å². The Labute approximate surface area is 177 Å². The van der Waals surface area contributed by atoms with E-state index in [-0.39, 0.29) is 12.6 Å². The Balaban J connectivity index is 1.50. The molecule has 2 amide bonds. The monoisotopic (exact) mass is 439 g/mol. The van der Waals surface area contributed by atoms with Crippen LogP contribution >= 0.6 is 0 Å². The molecule has 11 heteroatoms. The molecule has 31 heavy (non-hydrogen) atoms. The molecule has 1 fully saturated rings. The Bertz CT molecular complexity index is 915. The number of anilines is 1. The number of hydrogen-bond donors (Lipinski definition) is 1. The average molecular weight is 439 g/mol. The van der Waals surface area contributed by atoms with Gasteiger partial charge in [-0.05, 0) is 38.8 Å². The first-order valence-corrected chi connectivity index (χ1v) is 9.82. The molecule has 1 aliphatic heterocycles. The second kappa shape index (κ2) is 8.94. The number of hydrogen-bond acceptors (Lipinski definition) is 6.